The lowest BCUT2D eigenvalue weighted by Gasteiger charge is -2.16. The molecule has 2 amide bonds. The summed E-state index contributed by atoms with van der Waals surface area (Å²) in [5.41, 5.74) is 5.18. The lowest BCUT2D eigenvalue weighted by molar-refractivity contribution is -0.124. The summed E-state index contributed by atoms with van der Waals surface area (Å²) in [5.74, 6) is 0.320. The highest BCUT2D eigenvalue weighted by molar-refractivity contribution is 8.23. The van der Waals surface area contributed by atoms with Gasteiger partial charge in [-0.05, 0) is 32.0 Å². The third-order valence-electron chi connectivity index (χ3n) is 2.99. The van der Waals surface area contributed by atoms with Gasteiger partial charge in [0, 0.05) is 26.1 Å². The standard InChI is InChI=1S/C13H22N4O3S3/c1-9(7-20-2)14-12(21)16-15-10(18)5-3-4-6-17-11(19)8-23-13(17)22/h9H,3-8H2,1-2H3,(H,15,18)(H2,14,16,21)/t9-/m1/s1. The van der Waals surface area contributed by atoms with Gasteiger partial charge in [-0.2, -0.15) is 0 Å². The number of nitrogens with one attached hydrogen (secondary N) is 3. The number of methoxy groups -OCH3 is 1. The van der Waals surface area contributed by atoms with Crippen LogP contribution in [0.4, 0.5) is 0 Å². The summed E-state index contributed by atoms with van der Waals surface area (Å²) < 4.78 is 5.60. The maximum Gasteiger partial charge on any atom is 0.238 e. The predicted molar refractivity (Wildman–Crippen MR) is 99.0 cm³/mol. The zero-order chi connectivity index (χ0) is 17.2. The van der Waals surface area contributed by atoms with Crippen LogP contribution >= 0.6 is 36.2 Å². The monoisotopic (exact) mass is 378 g/mol. The first-order chi connectivity index (χ1) is 10.9. The Balaban J connectivity index is 2.09. The molecule has 1 fully saturated rings. The van der Waals surface area contributed by atoms with E-state index in [0.717, 1.165) is 6.42 Å². The van der Waals surface area contributed by atoms with Gasteiger partial charge in [0.2, 0.25) is 11.8 Å². The number of carbonyl (C=O) groups excluding carboxylic acids is 2. The summed E-state index contributed by atoms with van der Waals surface area (Å²) in [6.07, 6.45) is 1.75. The van der Waals surface area contributed by atoms with Crippen molar-refractivity contribution >= 4 is 57.4 Å². The van der Waals surface area contributed by atoms with Crippen LogP contribution in [-0.4, -0.2) is 58.2 Å². The van der Waals surface area contributed by atoms with Gasteiger partial charge in [0.1, 0.15) is 4.32 Å². The fourth-order valence-corrected chi connectivity index (χ4v) is 3.27. The molecule has 10 heteroatoms. The zero-order valence-electron chi connectivity index (χ0n) is 13.2. The summed E-state index contributed by atoms with van der Waals surface area (Å²) in [5, 5.41) is 3.31. The highest BCUT2D eigenvalue weighted by Crippen LogP contribution is 2.19. The largest absolute Gasteiger partial charge is 0.383 e. The summed E-state index contributed by atoms with van der Waals surface area (Å²) in [6, 6.07) is 0.0524. The number of thioether (sulfide) groups is 1. The second-order valence-electron chi connectivity index (χ2n) is 5.06. The van der Waals surface area contributed by atoms with Crippen LogP contribution in [-0.2, 0) is 14.3 Å². The molecule has 3 N–H and O–H groups in total. The van der Waals surface area contributed by atoms with Crippen LogP contribution in [0.3, 0.4) is 0 Å². The van der Waals surface area contributed by atoms with Gasteiger partial charge >= 0.3 is 0 Å². The van der Waals surface area contributed by atoms with Crippen molar-refractivity contribution in [1.82, 2.24) is 21.1 Å². The molecule has 0 saturated carbocycles. The predicted octanol–water partition coefficient (Wildman–Crippen LogP) is 0.547. The molecule has 0 bridgehead atoms. The molecule has 0 aliphatic carbocycles. The van der Waals surface area contributed by atoms with Crippen molar-refractivity contribution in [1.29, 1.82) is 0 Å². The number of hydrazine groups is 1. The van der Waals surface area contributed by atoms with Gasteiger partial charge in [-0.25, -0.2) is 0 Å². The number of amides is 2. The zero-order valence-corrected chi connectivity index (χ0v) is 15.7. The smallest absolute Gasteiger partial charge is 0.238 e. The minimum absolute atomic E-state index is 0.0488. The molecule has 0 aromatic heterocycles. The van der Waals surface area contributed by atoms with E-state index in [2.05, 4.69) is 16.2 Å². The van der Waals surface area contributed by atoms with Gasteiger partial charge in [-0.3, -0.25) is 25.3 Å². The Kier molecular flexibility index (Phi) is 9.37. The lowest BCUT2D eigenvalue weighted by atomic mass is 10.2. The molecule has 1 aliphatic rings. The van der Waals surface area contributed by atoms with Crippen LogP contribution < -0.4 is 16.2 Å². The van der Waals surface area contributed by atoms with Gasteiger partial charge in [-0.15, -0.1) is 0 Å². The molecule has 23 heavy (non-hydrogen) atoms. The van der Waals surface area contributed by atoms with E-state index in [0.29, 0.717) is 41.2 Å². The van der Waals surface area contributed by atoms with Crippen LogP contribution in [0, 0.1) is 0 Å². The molecule has 0 unspecified atom stereocenters. The maximum atomic E-state index is 11.7. The first-order valence-corrected chi connectivity index (χ1v) is 9.05. The summed E-state index contributed by atoms with van der Waals surface area (Å²) >= 11 is 11.5. The van der Waals surface area contributed by atoms with Crippen molar-refractivity contribution in [2.24, 2.45) is 0 Å². The number of thiocarbonyl (C=S) groups is 2. The molecule has 1 heterocycles. The van der Waals surface area contributed by atoms with Gasteiger partial charge in [0.05, 0.1) is 12.4 Å². The third kappa shape index (κ3) is 7.91. The molecule has 1 atom stereocenters. The normalized spacial score (nSPS) is 15.5. The van der Waals surface area contributed by atoms with E-state index in [1.807, 2.05) is 6.92 Å². The van der Waals surface area contributed by atoms with Crippen LogP contribution in [0.5, 0.6) is 0 Å². The number of rotatable bonds is 8. The Morgan fingerprint density at radius 1 is 1.43 bits per heavy atom. The maximum absolute atomic E-state index is 11.7. The van der Waals surface area contributed by atoms with Crippen molar-refractivity contribution in [2.45, 2.75) is 32.2 Å². The summed E-state index contributed by atoms with van der Waals surface area (Å²) in [6.45, 7) is 3.01. The van der Waals surface area contributed by atoms with Crippen molar-refractivity contribution in [3.63, 3.8) is 0 Å². The van der Waals surface area contributed by atoms with E-state index >= 15 is 0 Å². The highest BCUT2D eigenvalue weighted by Gasteiger charge is 2.25. The molecule has 1 rings (SSSR count). The van der Waals surface area contributed by atoms with Crippen LogP contribution in [0.15, 0.2) is 0 Å². The van der Waals surface area contributed by atoms with E-state index in [9.17, 15) is 9.59 Å². The van der Waals surface area contributed by atoms with Gasteiger partial charge in [0.15, 0.2) is 5.11 Å². The average molecular weight is 379 g/mol. The Morgan fingerprint density at radius 3 is 2.78 bits per heavy atom. The van der Waals surface area contributed by atoms with Crippen LogP contribution in [0.1, 0.15) is 26.2 Å². The topological polar surface area (TPSA) is 82.7 Å². The minimum atomic E-state index is -0.154. The summed E-state index contributed by atoms with van der Waals surface area (Å²) in [7, 11) is 1.61. The first-order valence-electron chi connectivity index (χ1n) is 7.25. The first kappa shape index (κ1) is 20.1. The Morgan fingerprint density at radius 2 is 2.17 bits per heavy atom. The van der Waals surface area contributed by atoms with E-state index in [1.54, 1.807) is 12.0 Å². The molecule has 0 spiro atoms. The SMILES string of the molecule is COC[C@@H](C)NC(=S)NNC(=O)CCCCN1C(=O)CSC1=S. The fourth-order valence-electron chi connectivity index (χ4n) is 1.89. The van der Waals surface area contributed by atoms with Gasteiger partial charge in [0.25, 0.3) is 0 Å². The highest BCUT2D eigenvalue weighted by atomic mass is 32.2. The van der Waals surface area contributed by atoms with E-state index in [-0.39, 0.29) is 17.9 Å². The fraction of sp³-hybridized carbons (Fsp3) is 0.692. The molecule has 0 radical (unpaired) electrons. The summed E-state index contributed by atoms with van der Waals surface area (Å²) in [4.78, 5) is 24.8. The Bertz CT molecular complexity index is 446. The van der Waals surface area contributed by atoms with Crippen LogP contribution in [0.2, 0.25) is 0 Å². The van der Waals surface area contributed by atoms with E-state index in [4.69, 9.17) is 29.2 Å². The quantitative estimate of drug-likeness (QED) is 0.321. The molecule has 7 nitrogen and oxygen atoms in total. The number of nitrogens with zero attached hydrogens (tertiary/aromatic N) is 1. The average Bonchev–Trinajstić information content (AvgIpc) is 2.81. The van der Waals surface area contributed by atoms with E-state index in [1.165, 1.54) is 11.8 Å². The number of hydrogen-bond donors (Lipinski definition) is 3. The molecule has 1 saturated heterocycles. The molecular formula is C13H22N4O3S3. The molecular weight excluding hydrogens is 356 g/mol. The number of unbranched alkanes of at least 4 members (excludes halogenated alkanes) is 1. The second-order valence-corrected chi connectivity index (χ2v) is 7.08. The molecule has 1 aliphatic heterocycles. The van der Waals surface area contributed by atoms with Crippen molar-refractivity contribution in [3.05, 3.63) is 0 Å². The van der Waals surface area contributed by atoms with E-state index < -0.39 is 0 Å². The third-order valence-corrected chi connectivity index (χ3v) is 4.64. The Labute approximate surface area is 151 Å². The Hall–Kier alpha value is -0.970. The van der Waals surface area contributed by atoms with Crippen molar-refractivity contribution in [2.75, 3.05) is 26.0 Å². The lowest BCUT2D eigenvalue weighted by Crippen LogP contribution is -2.49. The van der Waals surface area contributed by atoms with Crippen molar-refractivity contribution in [3.8, 4) is 0 Å². The number of hydrogen-bond acceptors (Lipinski definition) is 6. The van der Waals surface area contributed by atoms with Crippen LogP contribution in [0.25, 0.3) is 0 Å². The number of ether oxygens (including phenoxy) is 1. The molecule has 130 valence electrons. The minimum Gasteiger partial charge on any atom is -0.383 e. The van der Waals surface area contributed by atoms with Crippen molar-refractivity contribution < 1.29 is 14.3 Å². The van der Waals surface area contributed by atoms with Gasteiger partial charge < -0.3 is 10.1 Å². The second kappa shape index (κ2) is 10.7. The van der Waals surface area contributed by atoms with Gasteiger partial charge in [-0.1, -0.05) is 24.0 Å². The molecule has 0 aromatic carbocycles. The molecule has 0 aromatic rings. The number of carbonyl (C=O) groups is 2.